The number of rotatable bonds is 5. The van der Waals surface area contributed by atoms with Gasteiger partial charge in [0.15, 0.2) is 0 Å². The van der Waals surface area contributed by atoms with Crippen molar-refractivity contribution in [3.8, 4) is 5.75 Å². The SMILES string of the molecule is COc1ccc(S(=O)(=O)c2c(C)cc(N3CCOCC3)cc2C)cc1C(C)C. The summed E-state index contributed by atoms with van der Waals surface area (Å²) in [6.07, 6.45) is 0. The van der Waals surface area contributed by atoms with Gasteiger partial charge in [-0.25, -0.2) is 8.42 Å². The molecule has 2 aromatic rings. The molecule has 3 rings (SSSR count). The van der Waals surface area contributed by atoms with Crippen LogP contribution in [0, 0.1) is 13.8 Å². The van der Waals surface area contributed by atoms with Crippen molar-refractivity contribution in [3.05, 3.63) is 47.0 Å². The van der Waals surface area contributed by atoms with Crippen LogP contribution < -0.4 is 9.64 Å². The monoisotopic (exact) mass is 403 g/mol. The molecule has 0 radical (unpaired) electrons. The van der Waals surface area contributed by atoms with Crippen LogP contribution in [0.15, 0.2) is 40.1 Å². The molecule has 0 amide bonds. The maximum atomic E-state index is 13.5. The van der Waals surface area contributed by atoms with Crippen molar-refractivity contribution >= 4 is 15.5 Å². The van der Waals surface area contributed by atoms with Crippen molar-refractivity contribution in [3.63, 3.8) is 0 Å². The summed E-state index contributed by atoms with van der Waals surface area (Å²) in [5.41, 5.74) is 3.48. The molecule has 0 N–H and O–H groups in total. The lowest BCUT2D eigenvalue weighted by Gasteiger charge is -2.30. The highest BCUT2D eigenvalue weighted by Gasteiger charge is 2.25. The van der Waals surface area contributed by atoms with Crippen LogP contribution in [0.2, 0.25) is 0 Å². The van der Waals surface area contributed by atoms with E-state index in [2.05, 4.69) is 4.90 Å². The largest absolute Gasteiger partial charge is 0.496 e. The Kier molecular flexibility index (Phi) is 6.01. The van der Waals surface area contributed by atoms with Gasteiger partial charge in [-0.05, 0) is 66.8 Å². The summed E-state index contributed by atoms with van der Waals surface area (Å²) in [7, 11) is -2.02. The number of hydrogen-bond donors (Lipinski definition) is 0. The minimum absolute atomic E-state index is 0.163. The standard InChI is InChI=1S/C22H29NO4S/c1-15(2)20-14-19(6-7-21(20)26-5)28(24,25)22-16(3)12-18(13-17(22)4)23-8-10-27-11-9-23/h6-7,12-15H,8-11H2,1-5H3. The summed E-state index contributed by atoms with van der Waals surface area (Å²) in [5, 5.41) is 0. The van der Waals surface area contributed by atoms with Gasteiger partial charge in [0.2, 0.25) is 9.84 Å². The first kappa shape index (κ1) is 20.7. The predicted molar refractivity (Wildman–Crippen MR) is 111 cm³/mol. The predicted octanol–water partition coefficient (Wildman–Crippen LogP) is 4.10. The van der Waals surface area contributed by atoms with Gasteiger partial charge in [0, 0.05) is 18.8 Å². The summed E-state index contributed by atoms with van der Waals surface area (Å²) in [5.74, 6) is 0.876. The second-order valence-corrected chi connectivity index (χ2v) is 9.46. The van der Waals surface area contributed by atoms with Gasteiger partial charge in [-0.15, -0.1) is 0 Å². The number of aryl methyl sites for hydroxylation is 2. The van der Waals surface area contributed by atoms with E-state index in [1.165, 1.54) is 0 Å². The van der Waals surface area contributed by atoms with Gasteiger partial charge in [-0.1, -0.05) is 13.8 Å². The first-order valence-electron chi connectivity index (χ1n) is 9.62. The molecule has 152 valence electrons. The molecule has 5 nitrogen and oxygen atoms in total. The first-order chi connectivity index (χ1) is 13.3. The van der Waals surface area contributed by atoms with E-state index in [9.17, 15) is 8.42 Å². The molecule has 0 saturated carbocycles. The molecule has 0 bridgehead atoms. The molecule has 6 heteroatoms. The van der Waals surface area contributed by atoms with Crippen LogP contribution in [0.4, 0.5) is 5.69 Å². The zero-order chi connectivity index (χ0) is 20.5. The number of hydrogen-bond acceptors (Lipinski definition) is 5. The molecular formula is C22H29NO4S. The minimum Gasteiger partial charge on any atom is -0.496 e. The molecule has 0 atom stereocenters. The van der Waals surface area contributed by atoms with E-state index in [0.29, 0.717) is 28.8 Å². The Balaban J connectivity index is 2.06. The Morgan fingerprint density at radius 3 is 2.18 bits per heavy atom. The second-order valence-electron chi connectivity index (χ2n) is 7.57. The van der Waals surface area contributed by atoms with Gasteiger partial charge in [-0.2, -0.15) is 0 Å². The lowest BCUT2D eigenvalue weighted by Crippen LogP contribution is -2.36. The number of morpholine rings is 1. The summed E-state index contributed by atoms with van der Waals surface area (Å²) >= 11 is 0. The highest BCUT2D eigenvalue weighted by molar-refractivity contribution is 7.91. The number of methoxy groups -OCH3 is 1. The summed E-state index contributed by atoms with van der Waals surface area (Å²) in [6, 6.07) is 9.06. The molecule has 1 fully saturated rings. The van der Waals surface area contributed by atoms with Gasteiger partial charge < -0.3 is 14.4 Å². The molecule has 1 aliphatic rings. The molecule has 0 aliphatic carbocycles. The third-order valence-corrected chi connectivity index (χ3v) is 7.28. The lowest BCUT2D eigenvalue weighted by molar-refractivity contribution is 0.122. The van der Waals surface area contributed by atoms with Gasteiger partial charge >= 0.3 is 0 Å². The van der Waals surface area contributed by atoms with E-state index in [1.54, 1.807) is 25.3 Å². The van der Waals surface area contributed by atoms with Crippen molar-refractivity contribution in [1.82, 2.24) is 0 Å². The molecule has 0 spiro atoms. The van der Waals surface area contributed by atoms with Crippen molar-refractivity contribution in [2.24, 2.45) is 0 Å². The number of ether oxygens (including phenoxy) is 2. The average molecular weight is 404 g/mol. The highest BCUT2D eigenvalue weighted by Crippen LogP contribution is 2.35. The van der Waals surface area contributed by atoms with Crippen LogP contribution >= 0.6 is 0 Å². The molecule has 2 aromatic carbocycles. The van der Waals surface area contributed by atoms with Gasteiger partial charge in [0.1, 0.15) is 5.75 Å². The Morgan fingerprint density at radius 1 is 1.04 bits per heavy atom. The second kappa shape index (κ2) is 8.13. The van der Waals surface area contributed by atoms with E-state index < -0.39 is 9.84 Å². The van der Waals surface area contributed by atoms with Crippen molar-refractivity contribution in [2.45, 2.75) is 43.4 Å². The van der Waals surface area contributed by atoms with Crippen LogP contribution in [0.1, 0.15) is 36.5 Å². The summed E-state index contributed by atoms with van der Waals surface area (Å²) in [4.78, 5) is 2.94. The maximum Gasteiger partial charge on any atom is 0.207 e. The lowest BCUT2D eigenvalue weighted by atomic mass is 10.0. The molecule has 1 heterocycles. The summed E-state index contributed by atoms with van der Waals surface area (Å²) < 4.78 is 37.7. The molecular weight excluding hydrogens is 374 g/mol. The van der Waals surface area contributed by atoms with E-state index in [0.717, 1.165) is 35.5 Å². The topological polar surface area (TPSA) is 55.8 Å². The zero-order valence-corrected chi connectivity index (χ0v) is 18.1. The van der Waals surface area contributed by atoms with E-state index in [4.69, 9.17) is 9.47 Å². The molecule has 1 aliphatic heterocycles. The van der Waals surface area contributed by atoms with Crippen LogP contribution in [0.25, 0.3) is 0 Å². The van der Waals surface area contributed by atoms with Crippen LogP contribution in [-0.2, 0) is 14.6 Å². The zero-order valence-electron chi connectivity index (χ0n) is 17.3. The van der Waals surface area contributed by atoms with Crippen LogP contribution in [0.3, 0.4) is 0 Å². The number of anilines is 1. The fourth-order valence-electron chi connectivity index (χ4n) is 3.80. The van der Waals surface area contributed by atoms with Gasteiger partial charge in [-0.3, -0.25) is 0 Å². The van der Waals surface area contributed by atoms with E-state index >= 15 is 0 Å². The summed E-state index contributed by atoms with van der Waals surface area (Å²) in [6.45, 7) is 10.8. The Labute approximate surface area is 168 Å². The minimum atomic E-state index is -3.63. The highest BCUT2D eigenvalue weighted by atomic mass is 32.2. The Hall–Kier alpha value is -2.05. The van der Waals surface area contributed by atoms with Crippen molar-refractivity contribution in [2.75, 3.05) is 38.3 Å². The van der Waals surface area contributed by atoms with Crippen LogP contribution in [0.5, 0.6) is 5.75 Å². The fraction of sp³-hybridized carbons (Fsp3) is 0.455. The smallest absolute Gasteiger partial charge is 0.207 e. The van der Waals surface area contributed by atoms with Crippen molar-refractivity contribution in [1.29, 1.82) is 0 Å². The number of nitrogens with zero attached hydrogens (tertiary/aromatic N) is 1. The molecule has 1 saturated heterocycles. The third-order valence-electron chi connectivity index (χ3n) is 5.22. The Bertz CT molecular complexity index is 937. The fourth-order valence-corrected chi connectivity index (χ4v) is 5.53. The number of benzene rings is 2. The molecule has 0 unspecified atom stereocenters. The molecule has 0 aromatic heterocycles. The number of sulfone groups is 1. The Morgan fingerprint density at radius 2 is 1.64 bits per heavy atom. The normalized spacial score (nSPS) is 15.1. The van der Waals surface area contributed by atoms with Crippen molar-refractivity contribution < 1.29 is 17.9 Å². The maximum absolute atomic E-state index is 13.5. The van der Waals surface area contributed by atoms with E-state index in [1.807, 2.05) is 39.8 Å². The van der Waals surface area contributed by atoms with Gasteiger partial charge in [0.05, 0.1) is 30.1 Å². The van der Waals surface area contributed by atoms with Gasteiger partial charge in [0.25, 0.3) is 0 Å². The van der Waals surface area contributed by atoms with E-state index in [-0.39, 0.29) is 5.92 Å². The quantitative estimate of drug-likeness (QED) is 0.752. The van der Waals surface area contributed by atoms with Crippen LogP contribution in [-0.4, -0.2) is 41.8 Å². The first-order valence-corrected chi connectivity index (χ1v) is 11.1. The third kappa shape index (κ3) is 3.89. The molecule has 28 heavy (non-hydrogen) atoms. The average Bonchev–Trinajstić information content (AvgIpc) is 2.67.